The average molecular weight is 1690 g/mol. The number of furan rings is 2. The van der Waals surface area contributed by atoms with Crippen LogP contribution in [0.4, 0.5) is 31.8 Å². The van der Waals surface area contributed by atoms with E-state index >= 15 is 0 Å². The van der Waals surface area contributed by atoms with E-state index in [1.807, 2.05) is 145 Å². The number of hydrogen-bond donors (Lipinski definition) is 9. The van der Waals surface area contributed by atoms with E-state index in [0.29, 0.717) is 108 Å². The van der Waals surface area contributed by atoms with Crippen molar-refractivity contribution < 1.29 is 86.1 Å². The summed E-state index contributed by atoms with van der Waals surface area (Å²) in [7, 11) is 0. The molecule has 16 atom stereocenters. The molecule has 39 heteroatoms. The summed E-state index contributed by atoms with van der Waals surface area (Å²) in [4.78, 5) is 110. The third-order valence-electron chi connectivity index (χ3n) is 22.5. The number of aryl methyl sites for hydroxylation is 2. The summed E-state index contributed by atoms with van der Waals surface area (Å²) in [6.45, 7) is 6.91. The summed E-state index contributed by atoms with van der Waals surface area (Å²) < 4.78 is 61.7. The smallest absolute Gasteiger partial charge is 0.354 e. The molecule has 6 amide bonds. The number of aromatic nitrogens is 12. The van der Waals surface area contributed by atoms with E-state index in [2.05, 4.69) is 92.2 Å². The molecule has 18 rings (SSSR count). The number of hydrogen-bond acceptors (Lipinski definition) is 27. The van der Waals surface area contributed by atoms with Crippen molar-refractivity contribution in [3.05, 3.63) is 205 Å². The monoisotopic (exact) mass is 1690 g/mol. The van der Waals surface area contributed by atoms with Gasteiger partial charge in [-0.25, -0.2) is 73.6 Å². The van der Waals surface area contributed by atoms with Gasteiger partial charge in [-0.2, -0.15) is 5.11 Å². The Morgan fingerprint density at radius 3 is 1.35 bits per heavy atom. The average Bonchev–Trinajstić information content (AvgIpc) is 1.60. The Morgan fingerprint density at radius 1 is 0.452 bits per heavy atom. The third kappa shape index (κ3) is 18.8. The molecule has 9 N–H and O–H groups in total. The molecule has 124 heavy (non-hydrogen) atoms. The lowest BCUT2D eigenvalue weighted by atomic mass is 9.95. The number of carboxylic acid groups (broad SMARTS) is 3. The summed E-state index contributed by atoms with van der Waals surface area (Å²) in [5.41, 5.74) is 6.35. The van der Waals surface area contributed by atoms with Gasteiger partial charge in [0.25, 0.3) is 0 Å². The Hall–Kier alpha value is -13.4. The van der Waals surface area contributed by atoms with Gasteiger partial charge in [0, 0.05) is 38.0 Å². The molecule has 7 aliphatic rings. The van der Waals surface area contributed by atoms with Gasteiger partial charge in [0.2, 0.25) is 0 Å². The van der Waals surface area contributed by atoms with E-state index in [1.165, 1.54) is 43.6 Å². The van der Waals surface area contributed by atoms with Gasteiger partial charge in [-0.05, 0) is 125 Å². The van der Waals surface area contributed by atoms with E-state index in [0.717, 1.165) is 55.2 Å². The Morgan fingerprint density at radius 2 is 0.887 bits per heavy atom. The van der Waals surface area contributed by atoms with Crippen LogP contribution in [0.2, 0.25) is 0 Å². The Balaban J connectivity index is 0.000000138. The van der Waals surface area contributed by atoms with E-state index in [9.17, 15) is 44.1 Å². The van der Waals surface area contributed by atoms with Crippen molar-refractivity contribution in [1.82, 2.24) is 74.5 Å². The maximum absolute atomic E-state index is 12.2. The second-order valence-electron chi connectivity index (χ2n) is 30.3. The zero-order chi connectivity index (χ0) is 85.7. The fourth-order valence-electron chi connectivity index (χ4n) is 17.0. The van der Waals surface area contributed by atoms with Crippen molar-refractivity contribution in [3.8, 4) is 0 Å². The molecule has 0 radical (unpaired) electrons. The highest BCUT2D eigenvalue weighted by Gasteiger charge is 2.56. The summed E-state index contributed by atoms with van der Waals surface area (Å²) in [5, 5.41) is 55.6. The molecule has 5 aliphatic heterocycles. The molecule has 6 fully saturated rings. The van der Waals surface area contributed by atoms with Crippen molar-refractivity contribution >= 4 is 105 Å². The van der Waals surface area contributed by atoms with Crippen LogP contribution in [0.15, 0.2) is 190 Å². The highest BCUT2D eigenvalue weighted by molar-refractivity contribution is 6.38. The van der Waals surface area contributed by atoms with E-state index in [1.54, 1.807) is 23.5 Å². The Kier molecular flexibility index (Phi) is 26.3. The van der Waals surface area contributed by atoms with Crippen LogP contribution in [-0.2, 0) is 50.8 Å². The van der Waals surface area contributed by atoms with Crippen LogP contribution in [0.1, 0.15) is 152 Å². The molecule has 4 saturated heterocycles. The molecule has 3 aromatic carbocycles. The molecule has 8 aromatic heterocycles. The number of anilines is 3. The predicted molar refractivity (Wildman–Crippen MR) is 444 cm³/mol. The largest absolute Gasteiger partial charge is 0.478 e. The number of imidazole rings is 3. The number of aliphatic carboxylic acids is 1. The Bertz CT molecular complexity index is 5720. The molecule has 2 saturated carbocycles. The maximum atomic E-state index is 12.2. The molecule has 39 nitrogen and oxygen atoms in total. The maximum Gasteiger partial charge on any atom is 0.354 e. The number of rotatable bonds is 29. The van der Waals surface area contributed by atoms with Gasteiger partial charge in [0.15, 0.2) is 81.8 Å². The minimum Gasteiger partial charge on any atom is -0.478 e. The highest BCUT2D eigenvalue weighted by atomic mass is 16.8. The number of ether oxygens (including phenoxy) is 7. The molecule has 13 unspecified atom stereocenters. The number of amides is 6. The minimum atomic E-state index is -1.10. The first-order valence-electron chi connectivity index (χ1n) is 41.1. The first-order valence-corrected chi connectivity index (χ1v) is 41.1. The summed E-state index contributed by atoms with van der Waals surface area (Å²) in [6.07, 6.45) is 22.6. The van der Waals surface area contributed by atoms with Gasteiger partial charge in [-0.1, -0.05) is 110 Å². The number of carbonyl (C=O) groups is 6. The number of nitrogens with one attached hydrogen (secondary N) is 6. The van der Waals surface area contributed by atoms with Crippen LogP contribution in [0.5, 0.6) is 0 Å². The van der Waals surface area contributed by atoms with Gasteiger partial charge in [0.1, 0.15) is 72.1 Å². The summed E-state index contributed by atoms with van der Waals surface area (Å²) in [6, 6.07) is 30.6. The first-order chi connectivity index (χ1) is 60.6. The molecule has 13 heterocycles. The van der Waals surface area contributed by atoms with E-state index < -0.39 is 67.3 Å². The number of nitrogens with zero attached hydrogens (tertiary/aromatic N) is 15. The van der Waals surface area contributed by atoms with Crippen molar-refractivity contribution in [3.63, 3.8) is 0 Å². The molecule has 2 aliphatic carbocycles. The number of benzene rings is 3. The van der Waals surface area contributed by atoms with Crippen LogP contribution in [0.25, 0.3) is 45.6 Å². The normalized spacial score (nSPS) is 24.6. The van der Waals surface area contributed by atoms with Gasteiger partial charge in [-0.15, -0.1) is 5.10 Å². The number of carboxylic acids is 3. The molecular formula is C85H91N21O18. The van der Waals surface area contributed by atoms with Crippen LogP contribution in [-0.4, -0.2) is 197 Å². The number of carbonyl (C=O) groups excluding carboxylic acids is 3. The number of aromatic carboxylic acids is 2. The van der Waals surface area contributed by atoms with Crippen molar-refractivity contribution in [2.75, 3.05) is 35.6 Å². The standard InChI is InChI=1S/C30H32N6O6.C28H31N9O5.C27H28N6O7/c1-2-31-30(39)35-27-24-28(33-16-32-27)36(17-34-24)21-15-19(9-6-10-22-20(29(37)38)13-14-40-22)25-26(21)42-23(41-25)12-11-18-7-4-3-5-8-18;1-2-29-28(40)33-25-22-26(31-14-30-25)37(15-32-22)19-13-17(9-6-10-18-21(27(38)39)35-36-34-18)23-24(19)42-20(41-23)12-11-16-7-4-3-5-8-16;1-2-28-27(36)32-22-19-23(30-13-29-22)33(14-31-19)24-21-20(39-26(40-21)15-7-4-3-5-8-15)18(38-24)10-6-9-17-16(25(34)35)11-12-37-17/h3-5,7-8,11-14,16-17,19,21,23,25-26H,2,6,9-10,15H2,1H3,(H,37,38)(H2,31,32,33,35,39);3-5,7-8,11-12,14-15,17-20,23-24H,2,6,9-10,13H2,1H3,(H,38,39)(H2,29,30,31,33,40);3-5,7-8,11-14,18,20-21,24,26H,2,6,9-10H2,1H3,(H,34,35)(H2,28,29,30,32,36)/b2*12-11+;/t19?,21?,23-,25?,26?;17?,18?,19?,20-,23?,24?;18?,20?,21?,24?,26-/m000/s1. The van der Waals surface area contributed by atoms with Crippen molar-refractivity contribution in [1.29, 1.82) is 0 Å². The van der Waals surface area contributed by atoms with E-state index in [-0.39, 0.29) is 89.2 Å². The SMILES string of the molecule is CCNC(=O)Nc1ncnc2c1ncn2C1CC(CCCC2N=NN=C2C(=O)O)C2O[C@H](/C=C/c3ccccc3)OC21.CCNC(=O)Nc1ncnc2c1ncn2C1CC(CCCc2occc2C(=O)O)C2O[C@H](/C=C/c3ccccc3)OC21.CCNC(=O)Nc1ncnc2c1ncn2C1OC(CCCc2occc2C(=O)O)C2O[C@H](c3ccccc3)OC21. The molecule has 0 bridgehead atoms. The fourth-order valence-corrected chi connectivity index (χ4v) is 17.0. The molecule has 0 spiro atoms. The molecule has 11 aromatic rings. The second-order valence-corrected chi connectivity index (χ2v) is 30.3. The van der Waals surface area contributed by atoms with Gasteiger partial charge in [-0.3, -0.25) is 20.5 Å². The Labute approximate surface area is 707 Å². The number of fused-ring (bicyclic) bond motifs is 6. The van der Waals surface area contributed by atoms with Gasteiger partial charge >= 0.3 is 36.0 Å². The lowest BCUT2D eigenvalue weighted by molar-refractivity contribution is -0.148. The zero-order valence-corrected chi connectivity index (χ0v) is 67.6. The first kappa shape index (κ1) is 84.2. The quantitative estimate of drug-likeness (QED) is 0.0210. The van der Waals surface area contributed by atoms with E-state index in [4.69, 9.17) is 42.0 Å². The lowest BCUT2D eigenvalue weighted by Crippen LogP contribution is -2.29. The summed E-state index contributed by atoms with van der Waals surface area (Å²) in [5.74, 6) is -0.999. The highest BCUT2D eigenvalue weighted by Crippen LogP contribution is 2.50. The lowest BCUT2D eigenvalue weighted by Gasteiger charge is -2.21. The molecular weight excluding hydrogens is 1600 g/mol. The van der Waals surface area contributed by atoms with Gasteiger partial charge < -0.3 is 82.4 Å². The minimum absolute atomic E-state index is 0.0228. The summed E-state index contributed by atoms with van der Waals surface area (Å²) >= 11 is 0. The third-order valence-corrected chi connectivity index (χ3v) is 22.5. The van der Waals surface area contributed by atoms with Gasteiger partial charge in [0.05, 0.1) is 61.9 Å². The topological polar surface area (TPSA) is 494 Å². The fraction of sp³-hybridized carbons (Fsp3) is 0.388. The second kappa shape index (κ2) is 38.7. The molecule has 644 valence electrons. The van der Waals surface area contributed by atoms with Crippen molar-refractivity contribution in [2.24, 2.45) is 27.3 Å². The van der Waals surface area contributed by atoms with Crippen LogP contribution < -0.4 is 31.9 Å². The van der Waals surface area contributed by atoms with Crippen LogP contribution >= 0.6 is 0 Å². The van der Waals surface area contributed by atoms with Crippen LogP contribution in [0, 0.1) is 11.8 Å². The predicted octanol–water partition coefficient (Wildman–Crippen LogP) is 12.1. The van der Waals surface area contributed by atoms with Crippen LogP contribution in [0.3, 0.4) is 0 Å². The van der Waals surface area contributed by atoms with Crippen molar-refractivity contribution in [2.45, 2.75) is 177 Å². The number of urea groups is 3. The zero-order valence-electron chi connectivity index (χ0n) is 67.6.